The highest BCUT2D eigenvalue weighted by atomic mass is 16.7. The average molecular weight is 521 g/mol. The van der Waals surface area contributed by atoms with Gasteiger partial charge in [-0.1, -0.05) is 0 Å². The Hall–Kier alpha value is -0.680. The molecular weight excluding hydrogens is 486 g/mol. The van der Waals surface area contributed by atoms with Crippen LogP contribution in [0.25, 0.3) is 0 Å². The predicted molar refractivity (Wildman–Crippen MR) is 106 cm³/mol. The lowest BCUT2D eigenvalue weighted by molar-refractivity contribution is -0.379. The average Bonchev–Trinajstić information content (AvgIpc) is 2.82. The molecule has 0 amide bonds. The number of rotatable bonds is 7. The summed E-state index contributed by atoms with van der Waals surface area (Å²) in [6.45, 7) is -2.33. The van der Waals surface area contributed by atoms with E-state index in [1.165, 1.54) is 0 Å². The Balaban J connectivity index is 0.00000432. The molecule has 3 aliphatic heterocycles. The van der Waals surface area contributed by atoms with Crippen LogP contribution in [0.2, 0.25) is 0 Å². The molecule has 3 saturated heterocycles. The van der Waals surface area contributed by atoms with Crippen molar-refractivity contribution in [2.24, 2.45) is 0 Å². The van der Waals surface area contributed by atoms with Gasteiger partial charge in [-0.25, -0.2) is 0 Å². The number of aliphatic hydroxyl groups excluding tert-OH is 11. The van der Waals surface area contributed by atoms with Gasteiger partial charge in [0, 0.05) is 0 Å². The molecular formula is C18H35NO16. The van der Waals surface area contributed by atoms with Crippen molar-refractivity contribution in [3.05, 3.63) is 0 Å². The van der Waals surface area contributed by atoms with Crippen LogP contribution in [0, 0.1) is 0 Å². The summed E-state index contributed by atoms with van der Waals surface area (Å²) in [5.74, 6) is 0. The van der Waals surface area contributed by atoms with Gasteiger partial charge >= 0.3 is 0 Å². The Morgan fingerprint density at radius 3 is 1.34 bits per heavy atom. The Morgan fingerprint density at radius 1 is 0.457 bits per heavy atom. The number of hydrogen-bond acceptors (Lipinski definition) is 17. The van der Waals surface area contributed by atoms with Crippen LogP contribution in [0.15, 0.2) is 0 Å². The molecule has 0 aromatic carbocycles. The second-order valence-corrected chi connectivity index (χ2v) is 8.33. The van der Waals surface area contributed by atoms with E-state index in [1.807, 2.05) is 0 Å². The van der Waals surface area contributed by atoms with E-state index in [4.69, 9.17) is 23.7 Å². The smallest absolute Gasteiger partial charge is 0.187 e. The molecule has 14 N–H and O–H groups in total. The van der Waals surface area contributed by atoms with Crippen LogP contribution in [0.1, 0.15) is 0 Å². The Labute approximate surface area is 198 Å². The highest BCUT2D eigenvalue weighted by molar-refractivity contribution is 4.96. The Morgan fingerprint density at radius 2 is 0.857 bits per heavy atom. The third-order valence-corrected chi connectivity index (χ3v) is 6.09. The third-order valence-electron chi connectivity index (χ3n) is 6.09. The second kappa shape index (κ2) is 12.7. The van der Waals surface area contributed by atoms with Crippen molar-refractivity contribution in [1.82, 2.24) is 6.15 Å². The highest BCUT2D eigenvalue weighted by Gasteiger charge is 2.53. The SMILES string of the molecule is N.OC[C@H]1OC(O[C@H]2[C@H](O)[C@@H](CO)OC(O[C@H]3[C@H](O)[C@@H](CO)OC(O)[C@@H]3O)[C@@H]2O)[C@H](O)[C@@H](O)[C@@H]1O. The standard InChI is InChI=1S/C18H32O16.H3N/c19-1-4-7(22)10(25)11(26)17(31-4)34-15-9(24)6(3-21)32-18(13(15)28)33-14-8(23)5(2-20)30-16(29)12(14)27;/h4-29H,1-3H2;1H3/t4-,5-,6-,7-,8-,9-,10+,11-,12-,13-,14+,15+,16?,17?,18?;/m1./s1. The van der Waals surface area contributed by atoms with Crippen molar-refractivity contribution in [3.63, 3.8) is 0 Å². The fourth-order valence-electron chi connectivity index (χ4n) is 4.04. The molecule has 0 aromatic heterocycles. The van der Waals surface area contributed by atoms with Gasteiger partial charge in [0.25, 0.3) is 0 Å². The summed E-state index contributed by atoms with van der Waals surface area (Å²) in [4.78, 5) is 0. The van der Waals surface area contributed by atoms with Gasteiger partial charge in [0.1, 0.15) is 73.2 Å². The minimum atomic E-state index is -1.92. The Bertz CT molecular complexity index is 646. The first-order chi connectivity index (χ1) is 16.0. The maximum Gasteiger partial charge on any atom is 0.187 e. The molecule has 3 fully saturated rings. The first kappa shape index (κ1) is 30.5. The molecule has 15 atom stereocenters. The van der Waals surface area contributed by atoms with Gasteiger partial charge in [0.2, 0.25) is 0 Å². The molecule has 0 bridgehead atoms. The summed E-state index contributed by atoms with van der Waals surface area (Å²) >= 11 is 0. The van der Waals surface area contributed by atoms with Crippen molar-refractivity contribution in [2.45, 2.75) is 92.1 Å². The molecule has 208 valence electrons. The van der Waals surface area contributed by atoms with Crippen molar-refractivity contribution < 1.29 is 79.9 Å². The number of hydrogen-bond donors (Lipinski definition) is 12. The van der Waals surface area contributed by atoms with Crippen LogP contribution in [0.4, 0.5) is 0 Å². The molecule has 0 saturated carbocycles. The fraction of sp³-hybridized carbons (Fsp3) is 1.00. The van der Waals surface area contributed by atoms with Crippen LogP contribution < -0.4 is 6.15 Å². The first-order valence-corrected chi connectivity index (χ1v) is 10.6. The van der Waals surface area contributed by atoms with E-state index >= 15 is 0 Å². The van der Waals surface area contributed by atoms with Crippen LogP contribution in [-0.2, 0) is 23.7 Å². The minimum absolute atomic E-state index is 0. The Kier molecular flexibility index (Phi) is 11.1. The molecule has 17 heteroatoms. The zero-order valence-electron chi connectivity index (χ0n) is 18.4. The van der Waals surface area contributed by atoms with Crippen molar-refractivity contribution in [2.75, 3.05) is 19.8 Å². The number of aliphatic hydroxyl groups is 11. The largest absolute Gasteiger partial charge is 0.394 e. The van der Waals surface area contributed by atoms with E-state index in [9.17, 15) is 56.2 Å². The summed E-state index contributed by atoms with van der Waals surface area (Å²) in [6, 6.07) is 0. The van der Waals surface area contributed by atoms with Gasteiger partial charge in [-0.15, -0.1) is 0 Å². The summed E-state index contributed by atoms with van der Waals surface area (Å²) in [5, 5.41) is 110. The van der Waals surface area contributed by atoms with Crippen molar-refractivity contribution in [1.29, 1.82) is 0 Å². The summed E-state index contributed by atoms with van der Waals surface area (Å²) in [7, 11) is 0. The van der Waals surface area contributed by atoms with Crippen molar-refractivity contribution >= 4 is 0 Å². The van der Waals surface area contributed by atoms with E-state index in [1.54, 1.807) is 0 Å². The van der Waals surface area contributed by atoms with Gasteiger partial charge in [-0.05, 0) is 0 Å². The van der Waals surface area contributed by atoms with E-state index in [0.717, 1.165) is 0 Å². The highest BCUT2D eigenvalue weighted by Crippen LogP contribution is 2.32. The number of ether oxygens (including phenoxy) is 5. The van der Waals surface area contributed by atoms with Gasteiger partial charge in [-0.3, -0.25) is 0 Å². The maximum absolute atomic E-state index is 10.7. The van der Waals surface area contributed by atoms with E-state index in [0.29, 0.717) is 0 Å². The lowest BCUT2D eigenvalue weighted by Crippen LogP contribution is -2.66. The monoisotopic (exact) mass is 521 g/mol. The summed E-state index contributed by atoms with van der Waals surface area (Å²) in [6.07, 6.45) is -25.5. The predicted octanol–water partition coefficient (Wildman–Crippen LogP) is -7.41. The van der Waals surface area contributed by atoms with Crippen LogP contribution >= 0.6 is 0 Å². The maximum atomic E-state index is 10.7. The quantitative estimate of drug-likeness (QED) is 0.148. The molecule has 3 heterocycles. The molecule has 0 aromatic rings. The van der Waals surface area contributed by atoms with Crippen LogP contribution in [0.3, 0.4) is 0 Å². The normalized spacial score (nSPS) is 51.0. The first-order valence-electron chi connectivity index (χ1n) is 10.6. The molecule has 0 spiro atoms. The molecule has 3 aliphatic rings. The zero-order valence-corrected chi connectivity index (χ0v) is 18.4. The van der Waals surface area contributed by atoms with Crippen molar-refractivity contribution in [3.8, 4) is 0 Å². The molecule has 0 aliphatic carbocycles. The summed E-state index contributed by atoms with van der Waals surface area (Å²) < 4.78 is 26.2. The lowest BCUT2D eigenvalue weighted by atomic mass is 9.96. The third kappa shape index (κ3) is 6.08. The van der Waals surface area contributed by atoms with Gasteiger partial charge in [-0.2, -0.15) is 0 Å². The van der Waals surface area contributed by atoms with Gasteiger partial charge < -0.3 is 86.0 Å². The molecule has 3 rings (SSSR count). The van der Waals surface area contributed by atoms with Crippen LogP contribution in [0.5, 0.6) is 0 Å². The fourth-order valence-corrected chi connectivity index (χ4v) is 4.04. The van der Waals surface area contributed by atoms with Gasteiger partial charge in [0.05, 0.1) is 19.8 Å². The summed E-state index contributed by atoms with van der Waals surface area (Å²) in [5.41, 5.74) is 0. The molecule has 0 radical (unpaired) electrons. The molecule has 3 unspecified atom stereocenters. The minimum Gasteiger partial charge on any atom is -0.394 e. The van der Waals surface area contributed by atoms with E-state index in [-0.39, 0.29) is 6.15 Å². The molecule has 17 nitrogen and oxygen atoms in total. The van der Waals surface area contributed by atoms with E-state index < -0.39 is 112 Å². The second-order valence-electron chi connectivity index (χ2n) is 8.33. The van der Waals surface area contributed by atoms with Crippen LogP contribution in [-0.4, -0.2) is 168 Å². The lowest BCUT2D eigenvalue weighted by Gasteiger charge is -2.47. The van der Waals surface area contributed by atoms with Gasteiger partial charge in [0.15, 0.2) is 18.9 Å². The topological polar surface area (TPSA) is 304 Å². The molecule has 35 heavy (non-hydrogen) atoms. The van der Waals surface area contributed by atoms with E-state index in [2.05, 4.69) is 0 Å². The zero-order chi connectivity index (χ0) is 25.3.